The smallest absolute Gasteiger partial charge is 0.422 e. The predicted molar refractivity (Wildman–Crippen MR) is 126 cm³/mol. The van der Waals surface area contributed by atoms with Crippen molar-refractivity contribution in [1.82, 2.24) is 20.2 Å². The predicted octanol–water partition coefficient (Wildman–Crippen LogP) is 4.27. The van der Waals surface area contributed by atoms with Crippen molar-refractivity contribution in [2.45, 2.75) is 26.2 Å². The van der Waals surface area contributed by atoms with E-state index in [-0.39, 0.29) is 29.7 Å². The van der Waals surface area contributed by atoms with Crippen molar-refractivity contribution >= 4 is 41.0 Å². The van der Waals surface area contributed by atoms with Gasteiger partial charge in [0.15, 0.2) is 12.6 Å². The number of nitrogens with zero attached hydrogens (tertiary/aromatic N) is 3. The van der Waals surface area contributed by atoms with Gasteiger partial charge in [0.05, 0.1) is 11.0 Å². The fourth-order valence-electron chi connectivity index (χ4n) is 3.04. The second-order valence-electron chi connectivity index (χ2n) is 6.70. The number of aromatic nitrogens is 2. The molecule has 0 saturated heterocycles. The maximum atomic E-state index is 12.2. The summed E-state index contributed by atoms with van der Waals surface area (Å²) in [5.74, 6) is 1.77. The standard InChI is InChI=1S/C21H24F3N5O.HI/c1-15-28-18-5-3-4-6-19(18)29(15)12-11-26-20(25-2)27-13-16-7-9-17(10-8-16)30-14-21(22,23)24;/h3-10H,11-14H2,1-2H3,(H2,25,26,27);1H. The number of benzene rings is 2. The molecule has 0 radical (unpaired) electrons. The maximum absolute atomic E-state index is 12.2. The van der Waals surface area contributed by atoms with Crippen LogP contribution in [0.25, 0.3) is 11.0 Å². The molecule has 0 bridgehead atoms. The van der Waals surface area contributed by atoms with E-state index in [2.05, 4.69) is 25.2 Å². The second kappa shape index (κ2) is 11.2. The maximum Gasteiger partial charge on any atom is 0.422 e. The number of halogens is 4. The van der Waals surface area contributed by atoms with Gasteiger partial charge in [-0.05, 0) is 36.8 Å². The first kappa shape index (κ1) is 24.8. The molecule has 2 N–H and O–H groups in total. The number of alkyl halides is 3. The van der Waals surface area contributed by atoms with Gasteiger partial charge in [0.2, 0.25) is 0 Å². The van der Waals surface area contributed by atoms with E-state index in [4.69, 9.17) is 4.74 Å². The number of aliphatic imine (C=N–C) groups is 1. The number of rotatable bonds is 7. The number of fused-ring (bicyclic) bond motifs is 1. The van der Waals surface area contributed by atoms with Crippen LogP contribution in [0.15, 0.2) is 53.5 Å². The summed E-state index contributed by atoms with van der Waals surface area (Å²) in [4.78, 5) is 8.76. The molecule has 1 aromatic heterocycles. The quantitative estimate of drug-likeness (QED) is 0.264. The number of hydrogen-bond donors (Lipinski definition) is 2. The number of guanidine groups is 1. The van der Waals surface area contributed by atoms with Crippen molar-refractivity contribution in [2.24, 2.45) is 4.99 Å². The summed E-state index contributed by atoms with van der Waals surface area (Å²) in [7, 11) is 1.68. The zero-order valence-corrected chi connectivity index (χ0v) is 19.6. The first-order valence-electron chi connectivity index (χ1n) is 9.50. The highest BCUT2D eigenvalue weighted by Gasteiger charge is 2.28. The SMILES string of the molecule is CN=C(NCCn1c(C)nc2ccccc21)NCc1ccc(OCC(F)(F)F)cc1.I. The minimum absolute atomic E-state index is 0. The Morgan fingerprint density at radius 1 is 1.10 bits per heavy atom. The van der Waals surface area contributed by atoms with Gasteiger partial charge in [0.1, 0.15) is 11.6 Å². The average molecular weight is 547 g/mol. The molecule has 6 nitrogen and oxygen atoms in total. The molecule has 31 heavy (non-hydrogen) atoms. The van der Waals surface area contributed by atoms with E-state index < -0.39 is 12.8 Å². The zero-order chi connectivity index (χ0) is 21.6. The minimum Gasteiger partial charge on any atom is -0.484 e. The van der Waals surface area contributed by atoms with Crippen LogP contribution in [-0.2, 0) is 13.1 Å². The van der Waals surface area contributed by atoms with Crippen LogP contribution in [0.4, 0.5) is 13.2 Å². The molecule has 1 heterocycles. The Morgan fingerprint density at radius 3 is 2.48 bits per heavy atom. The number of para-hydroxylation sites is 2. The summed E-state index contributed by atoms with van der Waals surface area (Å²) in [5, 5.41) is 6.45. The van der Waals surface area contributed by atoms with E-state index in [9.17, 15) is 13.2 Å². The van der Waals surface area contributed by atoms with E-state index in [1.807, 2.05) is 31.2 Å². The molecule has 0 atom stereocenters. The van der Waals surface area contributed by atoms with Crippen LogP contribution in [0.3, 0.4) is 0 Å². The van der Waals surface area contributed by atoms with Crippen molar-refractivity contribution in [1.29, 1.82) is 0 Å². The lowest BCUT2D eigenvalue weighted by atomic mass is 10.2. The van der Waals surface area contributed by atoms with Crippen LogP contribution in [-0.4, -0.2) is 41.9 Å². The van der Waals surface area contributed by atoms with Crippen LogP contribution in [0, 0.1) is 6.92 Å². The first-order chi connectivity index (χ1) is 14.4. The van der Waals surface area contributed by atoms with Gasteiger partial charge in [-0.1, -0.05) is 24.3 Å². The molecule has 0 spiro atoms. The molecule has 168 valence electrons. The molecule has 10 heteroatoms. The molecule has 0 fully saturated rings. The normalized spacial score (nSPS) is 11.8. The minimum atomic E-state index is -4.35. The van der Waals surface area contributed by atoms with Crippen molar-refractivity contribution in [3.63, 3.8) is 0 Å². The largest absolute Gasteiger partial charge is 0.484 e. The summed E-state index contributed by atoms with van der Waals surface area (Å²) >= 11 is 0. The van der Waals surface area contributed by atoms with Crippen LogP contribution >= 0.6 is 24.0 Å². The Labute approximate surface area is 195 Å². The third kappa shape index (κ3) is 7.30. The first-order valence-corrected chi connectivity index (χ1v) is 9.50. The van der Waals surface area contributed by atoms with E-state index in [0.29, 0.717) is 19.0 Å². The summed E-state index contributed by atoms with van der Waals surface area (Å²) < 4.78 is 43.5. The Balaban J connectivity index is 0.00000341. The second-order valence-corrected chi connectivity index (χ2v) is 6.70. The number of imidazole rings is 1. The Bertz CT molecular complexity index is 1000. The molecular formula is C21H25F3IN5O. The van der Waals surface area contributed by atoms with Crippen molar-refractivity contribution in [3.8, 4) is 5.75 Å². The molecule has 0 amide bonds. The van der Waals surface area contributed by atoms with E-state index in [0.717, 1.165) is 29.0 Å². The third-order valence-electron chi connectivity index (χ3n) is 4.48. The zero-order valence-electron chi connectivity index (χ0n) is 17.2. The van der Waals surface area contributed by atoms with Gasteiger partial charge in [0, 0.05) is 26.7 Å². The van der Waals surface area contributed by atoms with E-state index in [1.165, 1.54) is 12.1 Å². The molecular weight excluding hydrogens is 522 g/mol. The molecule has 0 unspecified atom stereocenters. The Hall–Kier alpha value is -2.50. The van der Waals surface area contributed by atoms with Crippen LogP contribution < -0.4 is 15.4 Å². The third-order valence-corrected chi connectivity index (χ3v) is 4.48. The molecule has 2 aromatic carbocycles. The lowest BCUT2D eigenvalue weighted by molar-refractivity contribution is -0.153. The van der Waals surface area contributed by atoms with Gasteiger partial charge in [-0.15, -0.1) is 24.0 Å². The van der Waals surface area contributed by atoms with Crippen molar-refractivity contribution in [2.75, 3.05) is 20.2 Å². The number of hydrogen-bond acceptors (Lipinski definition) is 3. The summed E-state index contributed by atoms with van der Waals surface area (Å²) in [6, 6.07) is 14.5. The van der Waals surface area contributed by atoms with E-state index >= 15 is 0 Å². The Morgan fingerprint density at radius 2 is 1.81 bits per heavy atom. The van der Waals surface area contributed by atoms with Gasteiger partial charge < -0.3 is 19.9 Å². The van der Waals surface area contributed by atoms with Gasteiger partial charge in [0.25, 0.3) is 0 Å². The summed E-state index contributed by atoms with van der Waals surface area (Å²) in [6.45, 7) is 2.55. The molecule has 0 aliphatic rings. The van der Waals surface area contributed by atoms with Crippen LogP contribution in [0.1, 0.15) is 11.4 Å². The topological polar surface area (TPSA) is 63.5 Å². The summed E-state index contributed by atoms with van der Waals surface area (Å²) in [5.41, 5.74) is 2.96. The number of nitrogens with one attached hydrogen (secondary N) is 2. The van der Waals surface area contributed by atoms with Gasteiger partial charge in [-0.25, -0.2) is 4.98 Å². The molecule has 0 aliphatic carbocycles. The number of aryl methyl sites for hydroxylation is 1. The average Bonchev–Trinajstić information content (AvgIpc) is 3.04. The van der Waals surface area contributed by atoms with E-state index in [1.54, 1.807) is 19.2 Å². The van der Waals surface area contributed by atoms with Gasteiger partial charge >= 0.3 is 6.18 Å². The fourth-order valence-corrected chi connectivity index (χ4v) is 3.04. The molecule has 3 rings (SSSR count). The molecule has 0 aliphatic heterocycles. The van der Waals surface area contributed by atoms with Crippen LogP contribution in [0.2, 0.25) is 0 Å². The highest BCUT2D eigenvalue weighted by Crippen LogP contribution is 2.19. The van der Waals surface area contributed by atoms with Crippen LogP contribution in [0.5, 0.6) is 5.75 Å². The highest BCUT2D eigenvalue weighted by molar-refractivity contribution is 14.0. The van der Waals surface area contributed by atoms with Gasteiger partial charge in [-0.2, -0.15) is 13.2 Å². The lowest BCUT2D eigenvalue weighted by Crippen LogP contribution is -2.38. The molecule has 0 saturated carbocycles. The fraction of sp³-hybridized carbons (Fsp3) is 0.333. The highest BCUT2D eigenvalue weighted by atomic mass is 127. The summed E-state index contributed by atoms with van der Waals surface area (Å²) in [6.07, 6.45) is -4.35. The van der Waals surface area contributed by atoms with Crippen molar-refractivity contribution < 1.29 is 17.9 Å². The Kier molecular flexibility index (Phi) is 8.96. The van der Waals surface area contributed by atoms with Gasteiger partial charge in [-0.3, -0.25) is 4.99 Å². The molecule has 3 aromatic rings. The number of ether oxygens (including phenoxy) is 1. The lowest BCUT2D eigenvalue weighted by Gasteiger charge is -2.14. The van der Waals surface area contributed by atoms with Crippen molar-refractivity contribution in [3.05, 3.63) is 59.9 Å². The monoisotopic (exact) mass is 547 g/mol.